The fourth-order valence-electron chi connectivity index (χ4n) is 2.68. The predicted molar refractivity (Wildman–Crippen MR) is 85.1 cm³/mol. The van der Waals surface area contributed by atoms with E-state index in [1.807, 2.05) is 26.2 Å². The maximum absolute atomic E-state index is 12.4. The van der Waals surface area contributed by atoms with E-state index in [1.54, 1.807) is 6.07 Å². The normalized spacial score (nSPS) is 14.1. The SMILES string of the molecule is CN(C)CC(C)(C)CNC(=O)c1cccc2c1OCCN2. The Kier molecular flexibility index (Phi) is 4.73. The number of amides is 1. The Hall–Kier alpha value is -1.75. The number of ether oxygens (including phenoxy) is 1. The third kappa shape index (κ3) is 4.11. The minimum absolute atomic E-state index is 0.0209. The summed E-state index contributed by atoms with van der Waals surface area (Å²) in [5.41, 5.74) is 1.51. The molecule has 5 nitrogen and oxygen atoms in total. The van der Waals surface area contributed by atoms with Crippen LogP contribution in [0.1, 0.15) is 24.2 Å². The molecule has 21 heavy (non-hydrogen) atoms. The van der Waals surface area contributed by atoms with Crippen LogP contribution in [0.4, 0.5) is 5.69 Å². The molecule has 0 fully saturated rings. The molecule has 0 unspecified atom stereocenters. The number of hydrogen-bond donors (Lipinski definition) is 2. The van der Waals surface area contributed by atoms with Crippen LogP contribution in [-0.2, 0) is 0 Å². The van der Waals surface area contributed by atoms with Gasteiger partial charge in [-0.25, -0.2) is 0 Å². The Labute approximate surface area is 126 Å². The highest BCUT2D eigenvalue weighted by atomic mass is 16.5. The summed E-state index contributed by atoms with van der Waals surface area (Å²) in [5.74, 6) is 0.578. The van der Waals surface area contributed by atoms with Crippen LogP contribution in [0.5, 0.6) is 5.75 Å². The Morgan fingerprint density at radius 3 is 2.90 bits per heavy atom. The quantitative estimate of drug-likeness (QED) is 0.869. The van der Waals surface area contributed by atoms with Crippen molar-refractivity contribution in [2.75, 3.05) is 45.7 Å². The predicted octanol–water partition coefficient (Wildman–Crippen LogP) is 1.81. The van der Waals surface area contributed by atoms with Crippen molar-refractivity contribution in [3.63, 3.8) is 0 Å². The average molecular weight is 291 g/mol. The molecule has 0 atom stereocenters. The zero-order valence-electron chi connectivity index (χ0n) is 13.3. The first kappa shape index (κ1) is 15.6. The summed E-state index contributed by atoms with van der Waals surface area (Å²) < 4.78 is 5.64. The van der Waals surface area contributed by atoms with Gasteiger partial charge >= 0.3 is 0 Å². The number of fused-ring (bicyclic) bond motifs is 1. The number of para-hydroxylation sites is 1. The first-order chi connectivity index (χ1) is 9.89. The van der Waals surface area contributed by atoms with E-state index in [0.717, 1.165) is 18.8 Å². The molecule has 0 saturated carbocycles. The minimum Gasteiger partial charge on any atom is -0.489 e. The van der Waals surface area contributed by atoms with Gasteiger partial charge in [-0.15, -0.1) is 0 Å². The van der Waals surface area contributed by atoms with E-state index in [1.165, 1.54) is 0 Å². The van der Waals surface area contributed by atoms with Crippen molar-refractivity contribution in [2.45, 2.75) is 13.8 Å². The smallest absolute Gasteiger partial charge is 0.255 e. The third-order valence-electron chi connectivity index (χ3n) is 3.40. The molecule has 1 aliphatic rings. The fourth-order valence-corrected chi connectivity index (χ4v) is 2.68. The fraction of sp³-hybridized carbons (Fsp3) is 0.562. The lowest BCUT2D eigenvalue weighted by Crippen LogP contribution is -2.40. The van der Waals surface area contributed by atoms with Crippen molar-refractivity contribution < 1.29 is 9.53 Å². The first-order valence-electron chi connectivity index (χ1n) is 7.32. The van der Waals surface area contributed by atoms with Crippen LogP contribution in [-0.4, -0.2) is 51.1 Å². The van der Waals surface area contributed by atoms with E-state index < -0.39 is 0 Å². The summed E-state index contributed by atoms with van der Waals surface area (Å²) in [6, 6.07) is 5.61. The number of hydrogen-bond acceptors (Lipinski definition) is 4. The highest BCUT2D eigenvalue weighted by molar-refractivity contribution is 5.99. The largest absolute Gasteiger partial charge is 0.489 e. The third-order valence-corrected chi connectivity index (χ3v) is 3.40. The Balaban J connectivity index is 2.04. The second-order valence-electron chi connectivity index (χ2n) is 6.54. The molecule has 2 rings (SSSR count). The number of carbonyl (C=O) groups excluding carboxylic acids is 1. The summed E-state index contributed by atoms with van der Waals surface area (Å²) >= 11 is 0. The van der Waals surface area contributed by atoms with Crippen LogP contribution in [0.25, 0.3) is 0 Å². The lowest BCUT2D eigenvalue weighted by molar-refractivity contribution is 0.0925. The lowest BCUT2D eigenvalue weighted by atomic mass is 9.93. The molecule has 1 heterocycles. The molecule has 1 aliphatic heterocycles. The number of rotatable bonds is 5. The summed E-state index contributed by atoms with van der Waals surface area (Å²) in [4.78, 5) is 14.5. The molecule has 1 amide bonds. The lowest BCUT2D eigenvalue weighted by Gasteiger charge is -2.28. The van der Waals surface area contributed by atoms with Crippen molar-refractivity contribution in [2.24, 2.45) is 5.41 Å². The van der Waals surface area contributed by atoms with E-state index in [9.17, 15) is 4.79 Å². The van der Waals surface area contributed by atoms with Crippen molar-refractivity contribution in [3.05, 3.63) is 23.8 Å². The van der Waals surface area contributed by atoms with Crippen LogP contribution in [0.3, 0.4) is 0 Å². The Morgan fingerprint density at radius 1 is 1.43 bits per heavy atom. The highest BCUT2D eigenvalue weighted by Crippen LogP contribution is 2.31. The van der Waals surface area contributed by atoms with E-state index in [4.69, 9.17) is 4.74 Å². The molecule has 1 aromatic rings. The van der Waals surface area contributed by atoms with Gasteiger partial charge in [0.25, 0.3) is 5.91 Å². The van der Waals surface area contributed by atoms with Gasteiger partial charge in [0.15, 0.2) is 5.75 Å². The van der Waals surface area contributed by atoms with E-state index >= 15 is 0 Å². The number of benzene rings is 1. The molecular weight excluding hydrogens is 266 g/mol. The van der Waals surface area contributed by atoms with Gasteiger partial charge in [0, 0.05) is 19.6 Å². The monoisotopic (exact) mass is 291 g/mol. The number of anilines is 1. The summed E-state index contributed by atoms with van der Waals surface area (Å²) in [7, 11) is 4.08. The molecule has 0 bridgehead atoms. The maximum Gasteiger partial charge on any atom is 0.255 e. The molecule has 0 radical (unpaired) electrons. The van der Waals surface area contributed by atoms with Crippen LogP contribution in [0.2, 0.25) is 0 Å². The van der Waals surface area contributed by atoms with Crippen molar-refractivity contribution in [3.8, 4) is 5.75 Å². The zero-order chi connectivity index (χ0) is 15.5. The molecule has 0 saturated heterocycles. The van der Waals surface area contributed by atoms with Crippen LogP contribution in [0.15, 0.2) is 18.2 Å². The van der Waals surface area contributed by atoms with Gasteiger partial charge < -0.3 is 20.3 Å². The van der Waals surface area contributed by atoms with Gasteiger partial charge in [-0.3, -0.25) is 4.79 Å². The highest BCUT2D eigenvalue weighted by Gasteiger charge is 2.23. The second-order valence-corrected chi connectivity index (χ2v) is 6.54. The number of nitrogens with one attached hydrogen (secondary N) is 2. The van der Waals surface area contributed by atoms with Crippen molar-refractivity contribution >= 4 is 11.6 Å². The van der Waals surface area contributed by atoms with Gasteiger partial charge in [-0.1, -0.05) is 19.9 Å². The number of carbonyl (C=O) groups is 1. The Morgan fingerprint density at radius 2 is 2.19 bits per heavy atom. The first-order valence-corrected chi connectivity index (χ1v) is 7.32. The van der Waals surface area contributed by atoms with Crippen LogP contribution < -0.4 is 15.4 Å². The topological polar surface area (TPSA) is 53.6 Å². The van der Waals surface area contributed by atoms with Gasteiger partial charge in [0.05, 0.1) is 11.3 Å². The van der Waals surface area contributed by atoms with Crippen molar-refractivity contribution in [1.29, 1.82) is 0 Å². The molecule has 2 N–H and O–H groups in total. The second kappa shape index (κ2) is 6.35. The molecule has 1 aromatic carbocycles. The van der Waals surface area contributed by atoms with Gasteiger partial charge in [0.2, 0.25) is 0 Å². The summed E-state index contributed by atoms with van der Waals surface area (Å²) in [5, 5.41) is 6.27. The molecule has 0 aliphatic carbocycles. The number of nitrogens with zero attached hydrogens (tertiary/aromatic N) is 1. The van der Waals surface area contributed by atoms with E-state index in [-0.39, 0.29) is 11.3 Å². The van der Waals surface area contributed by atoms with Crippen LogP contribution >= 0.6 is 0 Å². The van der Waals surface area contributed by atoms with Crippen LogP contribution in [0, 0.1) is 5.41 Å². The standard InChI is InChI=1S/C16H25N3O2/c1-16(2,11-19(3)4)10-18-15(20)12-6-5-7-13-14(12)21-9-8-17-13/h5-7,17H,8-11H2,1-4H3,(H,18,20). The summed E-state index contributed by atoms with van der Waals surface area (Å²) in [6.45, 7) is 7.19. The maximum atomic E-state index is 12.4. The zero-order valence-corrected chi connectivity index (χ0v) is 13.3. The Bertz CT molecular complexity index is 512. The molecule has 0 aromatic heterocycles. The van der Waals surface area contributed by atoms with Gasteiger partial charge in [0.1, 0.15) is 6.61 Å². The molecular formula is C16H25N3O2. The molecule has 5 heteroatoms. The molecule has 116 valence electrons. The molecule has 0 spiro atoms. The average Bonchev–Trinajstić information content (AvgIpc) is 2.43. The van der Waals surface area contributed by atoms with Gasteiger partial charge in [-0.2, -0.15) is 0 Å². The van der Waals surface area contributed by atoms with E-state index in [0.29, 0.717) is 24.5 Å². The minimum atomic E-state index is -0.0811. The van der Waals surface area contributed by atoms with E-state index in [2.05, 4.69) is 29.4 Å². The summed E-state index contributed by atoms with van der Waals surface area (Å²) in [6.07, 6.45) is 0. The van der Waals surface area contributed by atoms with Crippen molar-refractivity contribution in [1.82, 2.24) is 10.2 Å². The van der Waals surface area contributed by atoms with Gasteiger partial charge in [-0.05, 0) is 31.6 Å².